The molecule has 1 saturated carbocycles. The Morgan fingerprint density at radius 2 is 2.00 bits per heavy atom. The fraction of sp³-hybridized carbons (Fsp3) is 0.458. The molecule has 2 bridgehead atoms. The van der Waals surface area contributed by atoms with Crippen molar-refractivity contribution in [3.63, 3.8) is 0 Å². The average molecular weight is 436 g/mol. The Bertz CT molecular complexity index is 1050. The maximum absolute atomic E-state index is 14.5. The number of benzene rings is 1. The zero-order valence-corrected chi connectivity index (χ0v) is 18.0. The number of rotatable bonds is 6. The number of ether oxygens (including phenoxy) is 2. The number of pyridine rings is 1. The van der Waals surface area contributed by atoms with Crippen molar-refractivity contribution in [1.29, 1.82) is 5.26 Å². The number of hydrogen-bond donors (Lipinski definition) is 0. The van der Waals surface area contributed by atoms with E-state index in [0.717, 1.165) is 18.7 Å². The van der Waals surface area contributed by atoms with Crippen LogP contribution in [-0.4, -0.2) is 54.7 Å². The van der Waals surface area contributed by atoms with Crippen LogP contribution in [0.2, 0.25) is 0 Å². The molecule has 1 amide bonds. The molecule has 1 aromatic carbocycles. The standard InChI is InChI=1S/C24H25FN4O3/c1-31-19-5-6-20(21(25)10-19)24(8-9-24)32-15-23(30)28-13-17-3-4-18(14-28)29(17)22-7-2-16(11-26)12-27-22/h2,5-7,10,12,17-18H,3-4,8-9,13-15H2,1H3. The van der Waals surface area contributed by atoms with E-state index in [9.17, 15) is 9.18 Å². The number of piperazine rings is 1. The summed E-state index contributed by atoms with van der Waals surface area (Å²) in [7, 11) is 1.50. The fourth-order valence-corrected chi connectivity index (χ4v) is 4.97. The van der Waals surface area contributed by atoms with Crippen LogP contribution in [0, 0.1) is 17.1 Å². The van der Waals surface area contributed by atoms with Gasteiger partial charge in [-0.15, -0.1) is 0 Å². The SMILES string of the molecule is COc1ccc(C2(OCC(=O)N3CC4CCC(C3)N4c3ccc(C#N)cn3)CC2)c(F)c1. The number of carbonyl (C=O) groups excluding carboxylic acids is 1. The Kier molecular flexibility index (Phi) is 5.22. The lowest BCUT2D eigenvalue weighted by atomic mass is 10.1. The van der Waals surface area contributed by atoms with E-state index in [0.29, 0.717) is 42.8 Å². The molecule has 2 atom stereocenters. The first kappa shape index (κ1) is 20.7. The summed E-state index contributed by atoms with van der Waals surface area (Å²) in [5.74, 6) is 0.889. The van der Waals surface area contributed by atoms with Crippen LogP contribution in [0.15, 0.2) is 36.5 Å². The normalized spacial score (nSPS) is 23.0. The van der Waals surface area contributed by atoms with Gasteiger partial charge in [-0.3, -0.25) is 4.79 Å². The molecule has 1 aliphatic carbocycles. The van der Waals surface area contributed by atoms with Gasteiger partial charge < -0.3 is 19.3 Å². The molecule has 32 heavy (non-hydrogen) atoms. The van der Waals surface area contributed by atoms with Gasteiger partial charge in [0.15, 0.2) is 0 Å². The highest BCUT2D eigenvalue weighted by molar-refractivity contribution is 5.78. The van der Waals surface area contributed by atoms with Gasteiger partial charge >= 0.3 is 0 Å². The summed E-state index contributed by atoms with van der Waals surface area (Å²) in [5, 5.41) is 8.99. The zero-order valence-electron chi connectivity index (χ0n) is 18.0. The zero-order chi connectivity index (χ0) is 22.3. The number of aromatic nitrogens is 1. The topological polar surface area (TPSA) is 78.7 Å². The van der Waals surface area contributed by atoms with E-state index in [-0.39, 0.29) is 30.4 Å². The average Bonchev–Trinajstić information content (AvgIpc) is 3.56. The van der Waals surface area contributed by atoms with E-state index in [1.165, 1.54) is 13.2 Å². The van der Waals surface area contributed by atoms with E-state index in [4.69, 9.17) is 14.7 Å². The van der Waals surface area contributed by atoms with Crippen LogP contribution in [0.1, 0.15) is 36.8 Å². The number of likely N-dealkylation sites (tertiary alicyclic amines) is 1. The lowest BCUT2D eigenvalue weighted by Gasteiger charge is -2.41. The molecule has 1 aromatic heterocycles. The van der Waals surface area contributed by atoms with Crippen molar-refractivity contribution < 1.29 is 18.7 Å². The van der Waals surface area contributed by atoms with E-state index in [1.54, 1.807) is 24.4 Å². The maximum atomic E-state index is 14.5. The number of anilines is 1. The summed E-state index contributed by atoms with van der Waals surface area (Å²) >= 11 is 0. The minimum absolute atomic E-state index is 0.0555. The van der Waals surface area contributed by atoms with Gasteiger partial charge in [0.05, 0.1) is 18.3 Å². The Morgan fingerprint density at radius 1 is 1.25 bits per heavy atom. The van der Waals surface area contributed by atoms with Crippen molar-refractivity contribution in [2.24, 2.45) is 0 Å². The lowest BCUT2D eigenvalue weighted by Crippen LogP contribution is -2.56. The van der Waals surface area contributed by atoms with Gasteiger partial charge in [-0.2, -0.15) is 5.26 Å². The van der Waals surface area contributed by atoms with Gasteiger partial charge in [0.25, 0.3) is 0 Å². The van der Waals surface area contributed by atoms with Gasteiger partial charge in [0.2, 0.25) is 5.91 Å². The Hall–Kier alpha value is -3.18. The molecule has 5 rings (SSSR count). The molecule has 2 aromatic rings. The molecule has 3 heterocycles. The van der Waals surface area contributed by atoms with E-state index < -0.39 is 5.60 Å². The second-order valence-electron chi connectivity index (χ2n) is 8.74. The molecule has 0 radical (unpaired) electrons. The van der Waals surface area contributed by atoms with Crippen LogP contribution in [0.4, 0.5) is 10.2 Å². The Balaban J connectivity index is 1.22. The summed E-state index contributed by atoms with van der Waals surface area (Å²) in [6, 6.07) is 10.9. The van der Waals surface area contributed by atoms with E-state index in [1.807, 2.05) is 11.0 Å². The van der Waals surface area contributed by atoms with Crippen molar-refractivity contribution in [1.82, 2.24) is 9.88 Å². The number of nitriles is 1. The number of halogens is 1. The number of carbonyl (C=O) groups is 1. The smallest absolute Gasteiger partial charge is 0.248 e. The predicted octanol–water partition coefficient (Wildman–Crippen LogP) is 2.99. The molecule has 8 heteroatoms. The van der Waals surface area contributed by atoms with Crippen LogP contribution >= 0.6 is 0 Å². The Morgan fingerprint density at radius 3 is 2.56 bits per heavy atom. The highest BCUT2D eigenvalue weighted by Gasteiger charge is 2.49. The van der Waals surface area contributed by atoms with E-state index >= 15 is 0 Å². The van der Waals surface area contributed by atoms with Crippen LogP contribution in [-0.2, 0) is 15.1 Å². The third kappa shape index (κ3) is 3.67. The van der Waals surface area contributed by atoms with Crippen molar-refractivity contribution in [3.05, 3.63) is 53.5 Å². The first-order valence-electron chi connectivity index (χ1n) is 10.9. The lowest BCUT2D eigenvalue weighted by molar-refractivity contribution is -0.140. The molecule has 3 aliphatic rings. The van der Waals surface area contributed by atoms with Crippen molar-refractivity contribution >= 4 is 11.7 Å². The van der Waals surface area contributed by atoms with Crippen molar-refractivity contribution in [2.45, 2.75) is 43.4 Å². The third-order valence-electron chi connectivity index (χ3n) is 6.82. The number of methoxy groups -OCH3 is 1. The highest BCUT2D eigenvalue weighted by atomic mass is 19.1. The van der Waals surface area contributed by atoms with Crippen LogP contribution in [0.25, 0.3) is 0 Å². The first-order chi connectivity index (χ1) is 15.5. The minimum Gasteiger partial charge on any atom is -0.497 e. The fourth-order valence-electron chi connectivity index (χ4n) is 4.97. The van der Waals surface area contributed by atoms with Gasteiger partial charge in [-0.05, 0) is 49.9 Å². The summed E-state index contributed by atoms with van der Waals surface area (Å²) in [5.41, 5.74) is 0.316. The van der Waals surface area contributed by atoms with Crippen molar-refractivity contribution in [2.75, 3.05) is 31.7 Å². The molecule has 2 unspecified atom stereocenters. The molecule has 2 saturated heterocycles. The summed E-state index contributed by atoms with van der Waals surface area (Å²) in [6.45, 7) is 1.18. The molecular weight excluding hydrogens is 411 g/mol. The van der Waals surface area contributed by atoms with Gasteiger partial charge in [0, 0.05) is 43.0 Å². The van der Waals surface area contributed by atoms with Gasteiger partial charge in [-0.1, -0.05) is 0 Å². The van der Waals surface area contributed by atoms with Crippen LogP contribution < -0.4 is 9.64 Å². The number of amides is 1. The second-order valence-corrected chi connectivity index (χ2v) is 8.74. The molecule has 2 aliphatic heterocycles. The highest BCUT2D eigenvalue weighted by Crippen LogP contribution is 2.50. The number of hydrogen-bond acceptors (Lipinski definition) is 6. The Labute approximate surface area is 186 Å². The summed E-state index contributed by atoms with van der Waals surface area (Å²) in [4.78, 5) is 21.5. The predicted molar refractivity (Wildman–Crippen MR) is 115 cm³/mol. The first-order valence-corrected chi connectivity index (χ1v) is 10.9. The maximum Gasteiger partial charge on any atom is 0.248 e. The van der Waals surface area contributed by atoms with E-state index in [2.05, 4.69) is 16.0 Å². The molecule has 0 N–H and O–H groups in total. The van der Waals surface area contributed by atoms with Gasteiger partial charge in [-0.25, -0.2) is 9.37 Å². The van der Waals surface area contributed by atoms with Gasteiger partial charge in [0.1, 0.15) is 30.1 Å². The third-order valence-corrected chi connectivity index (χ3v) is 6.82. The quantitative estimate of drug-likeness (QED) is 0.693. The number of nitrogens with zero attached hydrogens (tertiary/aromatic N) is 4. The monoisotopic (exact) mass is 436 g/mol. The van der Waals surface area contributed by atoms with Crippen molar-refractivity contribution in [3.8, 4) is 11.8 Å². The largest absolute Gasteiger partial charge is 0.497 e. The molecule has 3 fully saturated rings. The second kappa shape index (κ2) is 8.06. The van der Waals surface area contributed by atoms with Crippen LogP contribution in [0.3, 0.4) is 0 Å². The molecule has 166 valence electrons. The molecule has 0 spiro atoms. The number of fused-ring (bicyclic) bond motifs is 2. The van der Waals surface area contributed by atoms with Crippen LogP contribution in [0.5, 0.6) is 5.75 Å². The summed E-state index contributed by atoms with van der Waals surface area (Å²) < 4.78 is 25.6. The summed E-state index contributed by atoms with van der Waals surface area (Å²) in [6.07, 6.45) is 4.99. The molecular formula is C24H25FN4O3. The minimum atomic E-state index is -0.709. The molecule has 7 nitrogen and oxygen atoms in total.